The van der Waals surface area contributed by atoms with Crippen molar-refractivity contribution in [3.05, 3.63) is 48.4 Å². The van der Waals surface area contributed by atoms with E-state index in [-0.39, 0.29) is 0 Å². The first-order chi connectivity index (χ1) is 9.19. The molecular formula is C17H26N2. The molecule has 1 rings (SSSR count). The monoisotopic (exact) mass is 258 g/mol. The number of hydrogen-bond donors (Lipinski definition) is 1. The van der Waals surface area contributed by atoms with Crippen LogP contribution in [0.3, 0.4) is 0 Å². The lowest BCUT2D eigenvalue weighted by atomic mass is 9.95. The van der Waals surface area contributed by atoms with Crippen molar-refractivity contribution in [2.45, 2.75) is 51.5 Å². The smallest absolute Gasteiger partial charge is 0.0876 e. The Bertz CT molecular complexity index is 382. The van der Waals surface area contributed by atoms with Crippen LogP contribution in [0.2, 0.25) is 0 Å². The highest BCUT2D eigenvalue weighted by Crippen LogP contribution is 2.21. The van der Waals surface area contributed by atoms with E-state index in [2.05, 4.69) is 42.3 Å². The molecule has 1 aliphatic carbocycles. The van der Waals surface area contributed by atoms with Crippen molar-refractivity contribution in [1.82, 2.24) is 5.32 Å². The van der Waals surface area contributed by atoms with E-state index in [9.17, 15) is 0 Å². The molecule has 0 bridgehead atoms. The van der Waals surface area contributed by atoms with Crippen LogP contribution >= 0.6 is 0 Å². The summed E-state index contributed by atoms with van der Waals surface area (Å²) in [7, 11) is 0. The lowest BCUT2D eigenvalue weighted by Gasteiger charge is -2.25. The summed E-state index contributed by atoms with van der Waals surface area (Å²) < 4.78 is 0. The van der Waals surface area contributed by atoms with Gasteiger partial charge in [0.2, 0.25) is 0 Å². The fourth-order valence-corrected chi connectivity index (χ4v) is 2.39. The summed E-state index contributed by atoms with van der Waals surface area (Å²) in [6, 6.07) is 0.549. The molecule has 0 heterocycles. The zero-order valence-corrected chi connectivity index (χ0v) is 12.1. The van der Waals surface area contributed by atoms with Gasteiger partial charge in [0.1, 0.15) is 0 Å². The lowest BCUT2D eigenvalue weighted by molar-refractivity contribution is 0.398. The van der Waals surface area contributed by atoms with Crippen LogP contribution in [0.1, 0.15) is 45.4 Å². The molecule has 1 saturated carbocycles. The van der Waals surface area contributed by atoms with Crippen LogP contribution in [0.4, 0.5) is 0 Å². The molecular weight excluding hydrogens is 232 g/mol. The highest BCUT2D eigenvalue weighted by molar-refractivity contribution is 5.42. The van der Waals surface area contributed by atoms with Crippen molar-refractivity contribution in [2.24, 2.45) is 4.99 Å². The Labute approximate surface area is 117 Å². The molecule has 2 heteroatoms. The molecule has 0 spiro atoms. The molecule has 104 valence electrons. The second kappa shape index (κ2) is 8.52. The molecule has 0 aromatic carbocycles. The van der Waals surface area contributed by atoms with Gasteiger partial charge in [0.05, 0.1) is 11.4 Å². The van der Waals surface area contributed by atoms with Crippen molar-refractivity contribution in [2.75, 3.05) is 0 Å². The highest BCUT2D eigenvalue weighted by Gasteiger charge is 2.15. The third kappa shape index (κ3) is 5.29. The minimum Gasteiger partial charge on any atom is -0.381 e. The first-order valence-electron chi connectivity index (χ1n) is 7.10. The third-order valence-electron chi connectivity index (χ3n) is 3.37. The summed E-state index contributed by atoms with van der Waals surface area (Å²) >= 11 is 0. The molecule has 0 saturated heterocycles. The largest absolute Gasteiger partial charge is 0.381 e. The zero-order valence-electron chi connectivity index (χ0n) is 12.1. The fraction of sp³-hybridized carbons (Fsp3) is 0.471. The second-order valence-electron chi connectivity index (χ2n) is 5.11. The van der Waals surface area contributed by atoms with Crippen LogP contribution in [0.25, 0.3) is 0 Å². The Morgan fingerprint density at radius 1 is 1.32 bits per heavy atom. The Balaban J connectivity index is 2.86. The highest BCUT2D eigenvalue weighted by atomic mass is 14.9. The zero-order chi connectivity index (χ0) is 14.1. The SMILES string of the molecule is C=CC/C=C\C(NC1CCCCC1)=C(/N=C)C(=C)C. The number of allylic oxidation sites excluding steroid dienone is 4. The maximum Gasteiger partial charge on any atom is 0.0876 e. The van der Waals surface area contributed by atoms with Gasteiger partial charge in [-0.05, 0) is 44.6 Å². The van der Waals surface area contributed by atoms with E-state index < -0.39 is 0 Å². The van der Waals surface area contributed by atoms with E-state index >= 15 is 0 Å². The van der Waals surface area contributed by atoms with E-state index in [0.29, 0.717) is 6.04 Å². The first kappa shape index (κ1) is 15.5. The molecule has 0 aliphatic heterocycles. The van der Waals surface area contributed by atoms with Crippen molar-refractivity contribution in [3.63, 3.8) is 0 Å². The van der Waals surface area contributed by atoms with Crippen molar-refractivity contribution in [3.8, 4) is 0 Å². The van der Waals surface area contributed by atoms with Crippen molar-refractivity contribution >= 4 is 6.72 Å². The molecule has 19 heavy (non-hydrogen) atoms. The summed E-state index contributed by atoms with van der Waals surface area (Å²) in [6.45, 7) is 13.3. The van der Waals surface area contributed by atoms with Gasteiger partial charge in [0.15, 0.2) is 0 Å². The number of nitrogens with zero attached hydrogens (tertiary/aromatic N) is 1. The maximum absolute atomic E-state index is 4.12. The summed E-state index contributed by atoms with van der Waals surface area (Å²) in [6.07, 6.45) is 13.4. The molecule has 0 amide bonds. The van der Waals surface area contributed by atoms with E-state index in [1.807, 2.05) is 13.0 Å². The molecule has 0 unspecified atom stereocenters. The number of aliphatic imine (C=N–C) groups is 1. The Morgan fingerprint density at radius 2 is 2.00 bits per heavy atom. The van der Waals surface area contributed by atoms with Crippen molar-refractivity contribution < 1.29 is 0 Å². The summed E-state index contributed by atoms with van der Waals surface area (Å²) in [5.74, 6) is 0. The lowest BCUT2D eigenvalue weighted by Crippen LogP contribution is -2.30. The van der Waals surface area contributed by atoms with Gasteiger partial charge in [0, 0.05) is 6.04 Å². The molecule has 0 aromatic rings. The van der Waals surface area contributed by atoms with E-state index in [4.69, 9.17) is 0 Å². The molecule has 0 radical (unpaired) electrons. The standard InChI is InChI=1S/C17H26N2/c1-5-6-8-13-16(17(18-4)14(2)3)19-15-11-9-7-10-12-15/h5,8,13,15,19H,1-2,4,6-7,9-12H2,3H3/b13-8-,17-16+. The van der Waals surface area contributed by atoms with Gasteiger partial charge in [-0.25, -0.2) is 0 Å². The molecule has 2 nitrogen and oxygen atoms in total. The molecule has 0 aromatic heterocycles. The second-order valence-corrected chi connectivity index (χ2v) is 5.11. The van der Waals surface area contributed by atoms with E-state index in [0.717, 1.165) is 23.4 Å². The maximum atomic E-state index is 4.12. The minimum atomic E-state index is 0.549. The Morgan fingerprint density at radius 3 is 2.53 bits per heavy atom. The van der Waals surface area contributed by atoms with Gasteiger partial charge in [-0.15, -0.1) is 6.58 Å². The van der Waals surface area contributed by atoms with Gasteiger partial charge in [-0.1, -0.05) is 38.0 Å². The van der Waals surface area contributed by atoms with Crippen molar-refractivity contribution in [1.29, 1.82) is 0 Å². The van der Waals surface area contributed by atoms with Gasteiger partial charge in [-0.3, -0.25) is 4.99 Å². The predicted molar refractivity (Wildman–Crippen MR) is 85.4 cm³/mol. The molecule has 0 atom stereocenters. The first-order valence-corrected chi connectivity index (χ1v) is 7.10. The van der Waals surface area contributed by atoms with Crippen LogP contribution in [-0.4, -0.2) is 12.8 Å². The minimum absolute atomic E-state index is 0.549. The fourth-order valence-electron chi connectivity index (χ4n) is 2.39. The summed E-state index contributed by atoms with van der Waals surface area (Å²) in [5.41, 5.74) is 2.85. The Kier molecular flexibility index (Phi) is 6.94. The average Bonchev–Trinajstić information content (AvgIpc) is 2.40. The third-order valence-corrected chi connectivity index (χ3v) is 3.37. The molecule has 1 aliphatic rings. The topological polar surface area (TPSA) is 24.4 Å². The quantitative estimate of drug-likeness (QED) is 0.405. The number of hydrogen-bond acceptors (Lipinski definition) is 2. The van der Waals surface area contributed by atoms with Gasteiger partial charge in [0.25, 0.3) is 0 Å². The predicted octanol–water partition coefficient (Wildman–Crippen LogP) is 4.53. The van der Waals surface area contributed by atoms with Crippen LogP contribution in [0, 0.1) is 0 Å². The Hall–Kier alpha value is -1.57. The van der Waals surface area contributed by atoms with Gasteiger partial charge < -0.3 is 5.32 Å². The van der Waals surface area contributed by atoms with Crippen LogP contribution in [-0.2, 0) is 0 Å². The molecule has 1 fully saturated rings. The van der Waals surface area contributed by atoms with Crippen LogP contribution in [0.5, 0.6) is 0 Å². The summed E-state index contributed by atoms with van der Waals surface area (Å²) in [4.78, 5) is 4.12. The van der Waals surface area contributed by atoms with E-state index in [1.165, 1.54) is 32.1 Å². The molecule has 1 N–H and O–H groups in total. The van der Waals surface area contributed by atoms with Gasteiger partial charge in [-0.2, -0.15) is 0 Å². The average molecular weight is 258 g/mol. The van der Waals surface area contributed by atoms with Crippen LogP contribution < -0.4 is 5.32 Å². The normalized spacial score (nSPS) is 17.9. The van der Waals surface area contributed by atoms with Crippen LogP contribution in [0.15, 0.2) is 53.3 Å². The summed E-state index contributed by atoms with van der Waals surface area (Å²) in [5, 5.41) is 3.61. The van der Waals surface area contributed by atoms with E-state index in [1.54, 1.807) is 0 Å². The number of rotatable bonds is 7. The van der Waals surface area contributed by atoms with Gasteiger partial charge >= 0.3 is 0 Å². The number of nitrogens with one attached hydrogen (secondary N) is 1.